The molecule has 3 aromatic carbocycles. The predicted octanol–water partition coefficient (Wildman–Crippen LogP) is 4.47. The van der Waals surface area contributed by atoms with E-state index in [0.29, 0.717) is 17.0 Å². The topological polar surface area (TPSA) is 58.6 Å². The first kappa shape index (κ1) is 20.3. The van der Waals surface area contributed by atoms with Crippen molar-refractivity contribution in [2.45, 2.75) is 13.0 Å². The van der Waals surface area contributed by atoms with Crippen molar-refractivity contribution < 1.29 is 18.7 Å². The van der Waals surface area contributed by atoms with Crippen molar-refractivity contribution in [1.82, 2.24) is 5.32 Å². The van der Waals surface area contributed by atoms with Crippen molar-refractivity contribution in [1.29, 1.82) is 0 Å². The molecule has 0 unspecified atom stereocenters. The SMILES string of the molecule is C[C@H](NC(=O)CN1C(=O)/C(=C\c2ccc(F)cc2)Oc2ccccc21)c1ccccc1. The first-order chi connectivity index (χ1) is 15.0. The zero-order valence-corrected chi connectivity index (χ0v) is 16.9. The Morgan fingerprint density at radius 1 is 1.03 bits per heavy atom. The van der Waals surface area contributed by atoms with E-state index in [2.05, 4.69) is 5.32 Å². The van der Waals surface area contributed by atoms with E-state index in [1.54, 1.807) is 36.4 Å². The monoisotopic (exact) mass is 416 g/mol. The van der Waals surface area contributed by atoms with Crippen molar-refractivity contribution in [2.24, 2.45) is 0 Å². The number of hydrogen-bond donors (Lipinski definition) is 1. The highest BCUT2D eigenvalue weighted by molar-refractivity contribution is 6.12. The number of benzene rings is 3. The van der Waals surface area contributed by atoms with Crippen molar-refractivity contribution in [3.8, 4) is 5.75 Å². The van der Waals surface area contributed by atoms with Crippen LogP contribution in [0.3, 0.4) is 0 Å². The summed E-state index contributed by atoms with van der Waals surface area (Å²) in [5, 5.41) is 2.93. The van der Waals surface area contributed by atoms with Gasteiger partial charge in [0, 0.05) is 0 Å². The molecule has 1 atom stereocenters. The third-order valence-electron chi connectivity index (χ3n) is 4.98. The number of carbonyl (C=O) groups excluding carboxylic acids is 2. The lowest BCUT2D eigenvalue weighted by atomic mass is 10.1. The van der Waals surface area contributed by atoms with Crippen molar-refractivity contribution in [3.05, 3.63) is 102 Å². The third-order valence-corrected chi connectivity index (χ3v) is 4.98. The van der Waals surface area contributed by atoms with Gasteiger partial charge in [-0.05, 0) is 48.4 Å². The number of anilines is 1. The molecule has 1 N–H and O–H groups in total. The molecule has 1 aliphatic heterocycles. The number of hydrogen-bond acceptors (Lipinski definition) is 3. The van der Waals surface area contributed by atoms with E-state index in [4.69, 9.17) is 4.74 Å². The van der Waals surface area contributed by atoms with Crippen molar-refractivity contribution >= 4 is 23.6 Å². The maximum absolute atomic E-state index is 13.2. The van der Waals surface area contributed by atoms with E-state index in [1.165, 1.54) is 23.1 Å². The molecular weight excluding hydrogens is 395 g/mol. The minimum atomic E-state index is -0.439. The number of rotatable bonds is 5. The number of amides is 2. The zero-order chi connectivity index (χ0) is 21.8. The van der Waals surface area contributed by atoms with E-state index in [1.807, 2.05) is 37.3 Å². The van der Waals surface area contributed by atoms with Gasteiger partial charge >= 0.3 is 0 Å². The van der Waals surface area contributed by atoms with Gasteiger partial charge in [0.25, 0.3) is 5.91 Å². The van der Waals surface area contributed by atoms with Gasteiger partial charge < -0.3 is 10.1 Å². The quantitative estimate of drug-likeness (QED) is 0.625. The number of nitrogens with zero attached hydrogens (tertiary/aromatic N) is 1. The largest absolute Gasteiger partial charge is 0.449 e. The smallest absolute Gasteiger partial charge is 0.294 e. The van der Waals surface area contributed by atoms with Gasteiger partial charge in [0.2, 0.25) is 5.91 Å². The van der Waals surface area contributed by atoms with Crippen molar-refractivity contribution in [3.63, 3.8) is 0 Å². The molecule has 1 aliphatic rings. The molecule has 0 radical (unpaired) electrons. The zero-order valence-electron chi connectivity index (χ0n) is 16.9. The Morgan fingerprint density at radius 3 is 2.45 bits per heavy atom. The molecule has 3 aromatic rings. The molecule has 0 saturated heterocycles. The van der Waals surface area contributed by atoms with E-state index >= 15 is 0 Å². The summed E-state index contributed by atoms with van der Waals surface area (Å²) < 4.78 is 19.0. The van der Waals surface area contributed by atoms with Crippen molar-refractivity contribution in [2.75, 3.05) is 11.4 Å². The summed E-state index contributed by atoms with van der Waals surface area (Å²) in [5.41, 5.74) is 2.11. The Morgan fingerprint density at radius 2 is 1.71 bits per heavy atom. The molecule has 2 amide bonds. The number of ether oxygens (including phenoxy) is 1. The summed E-state index contributed by atoms with van der Waals surface area (Å²) >= 11 is 0. The predicted molar refractivity (Wildman–Crippen MR) is 117 cm³/mol. The molecule has 156 valence electrons. The van der Waals surface area contributed by atoms with Crippen LogP contribution in [0, 0.1) is 5.82 Å². The van der Waals surface area contributed by atoms with Gasteiger partial charge in [-0.25, -0.2) is 4.39 Å². The van der Waals surface area contributed by atoms with Crippen LogP contribution in [0.5, 0.6) is 5.75 Å². The minimum Gasteiger partial charge on any atom is -0.449 e. The molecule has 1 heterocycles. The van der Waals surface area contributed by atoms with Crippen LogP contribution in [0.1, 0.15) is 24.1 Å². The number of para-hydroxylation sites is 2. The Balaban J connectivity index is 1.57. The van der Waals surface area contributed by atoms with Gasteiger partial charge in [-0.15, -0.1) is 0 Å². The van der Waals surface area contributed by atoms with Crippen LogP contribution in [0.2, 0.25) is 0 Å². The number of halogens is 1. The molecule has 0 spiro atoms. The lowest BCUT2D eigenvalue weighted by Gasteiger charge is -2.30. The second-order valence-corrected chi connectivity index (χ2v) is 7.22. The van der Waals surface area contributed by atoms with Gasteiger partial charge in [-0.2, -0.15) is 0 Å². The average Bonchev–Trinajstić information content (AvgIpc) is 2.78. The number of carbonyl (C=O) groups is 2. The van der Waals surface area contributed by atoms with Gasteiger partial charge in [-0.1, -0.05) is 54.6 Å². The van der Waals surface area contributed by atoms with Crippen LogP contribution in [0.15, 0.2) is 84.6 Å². The maximum Gasteiger partial charge on any atom is 0.294 e. The van der Waals surface area contributed by atoms with Gasteiger partial charge in [-0.3, -0.25) is 14.5 Å². The second-order valence-electron chi connectivity index (χ2n) is 7.22. The fraction of sp³-hybridized carbons (Fsp3) is 0.120. The molecule has 0 fully saturated rings. The second kappa shape index (κ2) is 8.83. The number of fused-ring (bicyclic) bond motifs is 1. The first-order valence-electron chi connectivity index (χ1n) is 9.91. The third kappa shape index (κ3) is 4.64. The van der Waals surface area contributed by atoms with Gasteiger partial charge in [0.05, 0.1) is 11.7 Å². The summed E-state index contributed by atoms with van der Waals surface area (Å²) in [6.07, 6.45) is 1.54. The van der Waals surface area contributed by atoms with E-state index in [9.17, 15) is 14.0 Å². The van der Waals surface area contributed by atoms with Crippen LogP contribution in [0.25, 0.3) is 6.08 Å². The summed E-state index contributed by atoms with van der Waals surface area (Å²) in [5.74, 6) is -0.559. The van der Waals surface area contributed by atoms with E-state index in [-0.39, 0.29) is 30.1 Å². The summed E-state index contributed by atoms with van der Waals surface area (Å²) in [4.78, 5) is 27.3. The van der Waals surface area contributed by atoms with Crippen LogP contribution < -0.4 is 15.0 Å². The van der Waals surface area contributed by atoms with Crippen LogP contribution in [0.4, 0.5) is 10.1 Å². The number of nitrogens with one attached hydrogen (secondary N) is 1. The normalized spacial score (nSPS) is 15.2. The molecule has 0 saturated carbocycles. The van der Waals surface area contributed by atoms with E-state index in [0.717, 1.165) is 5.56 Å². The summed E-state index contributed by atoms with van der Waals surface area (Å²) in [6.45, 7) is 1.74. The summed E-state index contributed by atoms with van der Waals surface area (Å²) in [7, 11) is 0. The standard InChI is InChI=1S/C25H21FN2O3/c1-17(19-7-3-2-4-8-19)27-24(29)16-28-21-9-5-6-10-22(21)31-23(25(28)30)15-18-11-13-20(26)14-12-18/h2-15,17H,16H2,1H3,(H,27,29)/b23-15+/t17-/m0/s1. The Hall–Kier alpha value is -3.93. The molecule has 0 aliphatic carbocycles. The van der Waals surface area contributed by atoms with E-state index < -0.39 is 5.91 Å². The highest BCUT2D eigenvalue weighted by atomic mass is 19.1. The molecular formula is C25H21FN2O3. The Bertz CT molecular complexity index is 1130. The fourth-order valence-electron chi connectivity index (χ4n) is 3.39. The fourth-order valence-corrected chi connectivity index (χ4v) is 3.39. The van der Waals surface area contributed by atoms with Crippen LogP contribution >= 0.6 is 0 Å². The highest BCUT2D eigenvalue weighted by Crippen LogP contribution is 2.35. The minimum absolute atomic E-state index is 0.0641. The summed E-state index contributed by atoms with van der Waals surface area (Å²) in [6, 6.07) is 22.2. The highest BCUT2D eigenvalue weighted by Gasteiger charge is 2.31. The maximum atomic E-state index is 13.2. The Kier molecular flexibility index (Phi) is 5.80. The van der Waals surface area contributed by atoms with Crippen LogP contribution in [-0.4, -0.2) is 18.4 Å². The molecule has 4 rings (SSSR count). The molecule has 5 nitrogen and oxygen atoms in total. The molecule has 6 heteroatoms. The average molecular weight is 416 g/mol. The van der Waals surface area contributed by atoms with Gasteiger partial charge in [0.1, 0.15) is 12.4 Å². The molecule has 31 heavy (non-hydrogen) atoms. The lowest BCUT2D eigenvalue weighted by molar-refractivity contribution is -0.123. The first-order valence-corrected chi connectivity index (χ1v) is 9.91. The molecule has 0 bridgehead atoms. The van der Waals surface area contributed by atoms with Crippen LogP contribution in [-0.2, 0) is 9.59 Å². The molecule has 0 aromatic heterocycles. The Labute approximate surface area is 179 Å². The van der Waals surface area contributed by atoms with Gasteiger partial charge in [0.15, 0.2) is 11.5 Å². The lowest BCUT2D eigenvalue weighted by Crippen LogP contribution is -2.44.